The number of fused-ring (bicyclic) bond motifs is 1. The molecule has 1 heterocycles. The van der Waals surface area contributed by atoms with Crippen molar-refractivity contribution in [3.8, 4) is 0 Å². The Morgan fingerprint density at radius 1 is 1.29 bits per heavy atom. The Morgan fingerprint density at radius 3 is 2.71 bits per heavy atom. The predicted octanol–water partition coefficient (Wildman–Crippen LogP) is 4.07. The van der Waals surface area contributed by atoms with Gasteiger partial charge in [-0.3, -0.25) is 0 Å². The van der Waals surface area contributed by atoms with Gasteiger partial charge in [-0.25, -0.2) is 0 Å². The number of nitrogens with zero attached hydrogens (tertiary/aromatic N) is 1. The Labute approximate surface area is 103 Å². The Hall–Kier alpha value is -1.28. The summed E-state index contributed by atoms with van der Waals surface area (Å²) in [7, 11) is 0. The van der Waals surface area contributed by atoms with Gasteiger partial charge in [0.05, 0.1) is 6.61 Å². The van der Waals surface area contributed by atoms with E-state index >= 15 is 0 Å². The molecule has 0 radical (unpaired) electrons. The fraction of sp³-hybridized carbons (Fsp3) is 0.467. The first-order valence-corrected chi connectivity index (χ1v) is 6.32. The highest BCUT2D eigenvalue weighted by atomic mass is 16.5. The van der Waals surface area contributed by atoms with Crippen LogP contribution in [-0.4, -0.2) is 11.2 Å². The molecule has 0 saturated heterocycles. The van der Waals surface area contributed by atoms with Gasteiger partial charge in [0.15, 0.2) is 0 Å². The number of hydrogen-bond donors (Lipinski definition) is 0. The number of aryl methyl sites for hydroxylation is 1. The van der Waals surface area contributed by atoms with Crippen molar-refractivity contribution >= 4 is 10.9 Å². The first kappa shape index (κ1) is 12.2. The van der Waals surface area contributed by atoms with E-state index in [1.807, 2.05) is 6.92 Å². The number of hydrogen-bond acceptors (Lipinski definition) is 1. The molecule has 0 unspecified atom stereocenters. The third-order valence-corrected chi connectivity index (χ3v) is 3.15. The molecule has 2 aromatic rings. The van der Waals surface area contributed by atoms with E-state index in [2.05, 4.69) is 49.6 Å². The molecule has 0 amide bonds. The van der Waals surface area contributed by atoms with Crippen LogP contribution in [0.4, 0.5) is 0 Å². The van der Waals surface area contributed by atoms with Gasteiger partial charge in [0, 0.05) is 29.2 Å². The minimum absolute atomic E-state index is 0.463. The maximum Gasteiger partial charge on any atom is 0.0868 e. The summed E-state index contributed by atoms with van der Waals surface area (Å²) in [6.45, 7) is 10.1. The summed E-state index contributed by atoms with van der Waals surface area (Å²) in [4.78, 5) is 0. The molecule has 0 bridgehead atoms. The molecular formula is C15H21NO. The Balaban J connectivity index is 2.58. The Kier molecular flexibility index (Phi) is 3.53. The first-order chi connectivity index (χ1) is 8.15. The van der Waals surface area contributed by atoms with Crippen LogP contribution in [0, 0.1) is 6.92 Å². The van der Waals surface area contributed by atoms with Crippen LogP contribution in [0.5, 0.6) is 0 Å². The second kappa shape index (κ2) is 4.92. The molecule has 1 aromatic heterocycles. The lowest BCUT2D eigenvalue weighted by molar-refractivity contribution is 0.128. The van der Waals surface area contributed by atoms with Crippen LogP contribution in [0.3, 0.4) is 0 Å². The quantitative estimate of drug-likeness (QED) is 0.773. The molecule has 2 nitrogen and oxygen atoms in total. The molecule has 0 spiro atoms. The van der Waals surface area contributed by atoms with Gasteiger partial charge in [-0.1, -0.05) is 12.1 Å². The molecule has 2 rings (SSSR count). The number of benzene rings is 1. The number of ether oxygens (including phenoxy) is 1. The standard InChI is InChI=1S/C15H21NO/c1-5-17-10-13-9-14-12(4)7-6-8-15(14)16(13)11(2)3/h6-9,11H,5,10H2,1-4H3. The SMILES string of the molecule is CCOCc1cc2c(C)cccc2n1C(C)C. The first-order valence-electron chi connectivity index (χ1n) is 6.32. The average molecular weight is 231 g/mol. The molecule has 0 aliphatic heterocycles. The van der Waals surface area contributed by atoms with Crippen LogP contribution in [-0.2, 0) is 11.3 Å². The van der Waals surface area contributed by atoms with Crippen molar-refractivity contribution in [3.05, 3.63) is 35.5 Å². The van der Waals surface area contributed by atoms with E-state index in [-0.39, 0.29) is 0 Å². The fourth-order valence-corrected chi connectivity index (χ4v) is 2.38. The van der Waals surface area contributed by atoms with Crippen LogP contribution in [0.2, 0.25) is 0 Å². The van der Waals surface area contributed by atoms with Crippen LogP contribution < -0.4 is 0 Å². The van der Waals surface area contributed by atoms with Crippen molar-refractivity contribution in [1.29, 1.82) is 0 Å². The molecule has 0 aliphatic carbocycles. The summed E-state index contributed by atoms with van der Waals surface area (Å²) in [5.41, 5.74) is 3.92. The minimum atomic E-state index is 0.463. The summed E-state index contributed by atoms with van der Waals surface area (Å²) in [6.07, 6.45) is 0. The van der Waals surface area contributed by atoms with Gasteiger partial charge in [-0.15, -0.1) is 0 Å². The average Bonchev–Trinajstić information content (AvgIpc) is 2.66. The zero-order valence-corrected chi connectivity index (χ0v) is 11.2. The summed E-state index contributed by atoms with van der Waals surface area (Å²) in [5.74, 6) is 0. The maximum absolute atomic E-state index is 5.56. The topological polar surface area (TPSA) is 14.2 Å². The highest BCUT2D eigenvalue weighted by Gasteiger charge is 2.12. The van der Waals surface area contributed by atoms with E-state index in [9.17, 15) is 0 Å². The van der Waals surface area contributed by atoms with Gasteiger partial charge in [-0.05, 0) is 45.4 Å². The van der Waals surface area contributed by atoms with Gasteiger partial charge >= 0.3 is 0 Å². The van der Waals surface area contributed by atoms with Gasteiger partial charge in [0.1, 0.15) is 0 Å². The number of rotatable bonds is 4. The van der Waals surface area contributed by atoms with Gasteiger partial charge < -0.3 is 9.30 Å². The molecule has 0 atom stereocenters. The number of aromatic nitrogens is 1. The van der Waals surface area contributed by atoms with Crippen molar-refractivity contribution in [3.63, 3.8) is 0 Å². The monoisotopic (exact) mass is 231 g/mol. The summed E-state index contributed by atoms with van der Waals surface area (Å²) in [6, 6.07) is 9.21. The maximum atomic E-state index is 5.56. The zero-order valence-electron chi connectivity index (χ0n) is 11.2. The van der Waals surface area contributed by atoms with Crippen molar-refractivity contribution in [2.24, 2.45) is 0 Å². The summed E-state index contributed by atoms with van der Waals surface area (Å²) in [5, 5.41) is 1.34. The minimum Gasteiger partial charge on any atom is -0.376 e. The van der Waals surface area contributed by atoms with Gasteiger partial charge in [-0.2, -0.15) is 0 Å². The Morgan fingerprint density at radius 2 is 2.06 bits per heavy atom. The van der Waals surface area contributed by atoms with Gasteiger partial charge in [0.2, 0.25) is 0 Å². The van der Waals surface area contributed by atoms with Crippen molar-refractivity contribution in [2.45, 2.75) is 40.3 Å². The molecule has 0 aliphatic rings. The summed E-state index contributed by atoms with van der Waals surface area (Å²) >= 11 is 0. The molecule has 17 heavy (non-hydrogen) atoms. The van der Waals surface area contributed by atoms with E-state index in [4.69, 9.17) is 4.74 Å². The third kappa shape index (κ3) is 2.22. The lowest BCUT2D eigenvalue weighted by Crippen LogP contribution is -2.06. The van der Waals surface area contributed by atoms with E-state index in [0.29, 0.717) is 12.6 Å². The summed E-state index contributed by atoms with van der Waals surface area (Å²) < 4.78 is 7.93. The molecule has 2 heteroatoms. The fourth-order valence-electron chi connectivity index (χ4n) is 2.38. The molecule has 0 fully saturated rings. The van der Waals surface area contributed by atoms with E-state index in [1.54, 1.807) is 0 Å². The largest absolute Gasteiger partial charge is 0.376 e. The van der Waals surface area contributed by atoms with Crippen molar-refractivity contribution in [1.82, 2.24) is 4.57 Å². The van der Waals surface area contributed by atoms with Crippen LogP contribution >= 0.6 is 0 Å². The lowest BCUT2D eigenvalue weighted by atomic mass is 10.1. The molecule has 0 N–H and O–H groups in total. The van der Waals surface area contributed by atoms with E-state index in [0.717, 1.165) is 6.61 Å². The third-order valence-electron chi connectivity index (χ3n) is 3.15. The second-order valence-corrected chi connectivity index (χ2v) is 4.74. The second-order valence-electron chi connectivity index (χ2n) is 4.74. The van der Waals surface area contributed by atoms with Crippen LogP contribution in [0.15, 0.2) is 24.3 Å². The lowest BCUT2D eigenvalue weighted by Gasteiger charge is -2.14. The van der Waals surface area contributed by atoms with Gasteiger partial charge in [0.25, 0.3) is 0 Å². The Bertz CT molecular complexity index is 511. The normalized spacial score (nSPS) is 11.6. The van der Waals surface area contributed by atoms with Crippen molar-refractivity contribution in [2.75, 3.05) is 6.61 Å². The molecular weight excluding hydrogens is 210 g/mol. The van der Waals surface area contributed by atoms with Crippen LogP contribution in [0.1, 0.15) is 38.1 Å². The van der Waals surface area contributed by atoms with E-state index in [1.165, 1.54) is 22.2 Å². The van der Waals surface area contributed by atoms with Crippen molar-refractivity contribution < 1.29 is 4.74 Å². The van der Waals surface area contributed by atoms with Crippen LogP contribution in [0.25, 0.3) is 10.9 Å². The molecule has 92 valence electrons. The van der Waals surface area contributed by atoms with E-state index < -0.39 is 0 Å². The molecule has 1 aromatic carbocycles. The highest BCUT2D eigenvalue weighted by molar-refractivity contribution is 5.84. The highest BCUT2D eigenvalue weighted by Crippen LogP contribution is 2.26. The smallest absolute Gasteiger partial charge is 0.0868 e. The molecule has 0 saturated carbocycles. The predicted molar refractivity (Wildman–Crippen MR) is 72.4 cm³/mol. The zero-order chi connectivity index (χ0) is 12.4.